The van der Waals surface area contributed by atoms with Gasteiger partial charge >= 0.3 is 0 Å². The lowest BCUT2D eigenvalue weighted by Gasteiger charge is -2.26. The van der Waals surface area contributed by atoms with Crippen molar-refractivity contribution >= 4 is 27.8 Å². The molecule has 1 heteroatoms. The second kappa shape index (κ2) is 12.7. The molecule has 8 rings (SSSR count). The quantitative estimate of drug-likeness (QED) is 0.176. The third-order valence-electron chi connectivity index (χ3n) is 8.86. The molecule has 0 N–H and O–H groups in total. The number of hydrogen-bond acceptors (Lipinski definition) is 1. The van der Waals surface area contributed by atoms with Gasteiger partial charge in [-0.2, -0.15) is 0 Å². The molecule has 0 unspecified atom stereocenters. The largest absolute Gasteiger partial charge is 0.311 e. The number of fused-ring (bicyclic) bond motifs is 1. The average molecular weight is 600 g/mol. The van der Waals surface area contributed by atoms with Gasteiger partial charge in [0.1, 0.15) is 0 Å². The second-order valence-electron chi connectivity index (χ2n) is 11.8. The molecule has 1 nitrogen and oxygen atoms in total. The fourth-order valence-corrected chi connectivity index (χ4v) is 6.48. The van der Waals surface area contributed by atoms with E-state index in [2.05, 4.69) is 205 Å². The van der Waals surface area contributed by atoms with Crippen molar-refractivity contribution < 1.29 is 0 Å². The lowest BCUT2D eigenvalue weighted by atomic mass is 9.94. The summed E-state index contributed by atoms with van der Waals surface area (Å²) in [7, 11) is 0. The first kappa shape index (κ1) is 28.3. The Balaban J connectivity index is 1.10. The molecule has 0 spiro atoms. The van der Waals surface area contributed by atoms with Gasteiger partial charge in [-0.15, -0.1) is 0 Å². The predicted molar refractivity (Wildman–Crippen MR) is 200 cm³/mol. The summed E-state index contributed by atoms with van der Waals surface area (Å²) >= 11 is 0. The third-order valence-corrected chi connectivity index (χ3v) is 8.86. The highest BCUT2D eigenvalue weighted by molar-refractivity contribution is 5.97. The Kier molecular flexibility index (Phi) is 7.63. The molecule has 0 bridgehead atoms. The maximum atomic E-state index is 2.31. The zero-order chi connectivity index (χ0) is 31.4. The molecule has 0 heterocycles. The zero-order valence-corrected chi connectivity index (χ0v) is 26.0. The number of hydrogen-bond donors (Lipinski definition) is 0. The van der Waals surface area contributed by atoms with Gasteiger partial charge in [0.2, 0.25) is 0 Å². The molecule has 0 radical (unpaired) electrons. The van der Waals surface area contributed by atoms with Gasteiger partial charge in [0.05, 0.1) is 0 Å². The highest BCUT2D eigenvalue weighted by Gasteiger charge is 2.13. The molecule has 8 aromatic rings. The first-order chi connectivity index (χ1) is 23.3. The van der Waals surface area contributed by atoms with Gasteiger partial charge in [-0.3, -0.25) is 0 Å². The topological polar surface area (TPSA) is 3.24 Å². The van der Waals surface area contributed by atoms with E-state index in [0.717, 1.165) is 17.1 Å². The highest BCUT2D eigenvalue weighted by atomic mass is 15.1. The van der Waals surface area contributed by atoms with Crippen LogP contribution in [0.4, 0.5) is 17.1 Å². The fraction of sp³-hybridized carbons (Fsp3) is 0. The first-order valence-corrected chi connectivity index (χ1v) is 16.1. The molecular formula is C46H33N. The fourth-order valence-electron chi connectivity index (χ4n) is 6.48. The van der Waals surface area contributed by atoms with Crippen LogP contribution in [0.25, 0.3) is 55.3 Å². The van der Waals surface area contributed by atoms with E-state index in [1.165, 1.54) is 55.3 Å². The summed E-state index contributed by atoms with van der Waals surface area (Å²) in [6, 6.07) is 71.7. The van der Waals surface area contributed by atoms with Gasteiger partial charge in [0.25, 0.3) is 0 Å². The summed E-state index contributed by atoms with van der Waals surface area (Å²) in [4.78, 5) is 2.31. The molecule has 0 aliphatic heterocycles. The standard InChI is InChI=1S/C46H33N/c1-3-12-34(13-4-1)35-24-28-43(29-25-35)47(42-20-5-2-6-21-42)44-30-26-36(27-31-44)38-16-9-17-39(32-38)40-18-10-19-41(33-40)46-23-11-15-37-14-7-8-22-45(37)46/h1-33H. The average Bonchev–Trinajstić information content (AvgIpc) is 3.16. The van der Waals surface area contributed by atoms with Crippen molar-refractivity contribution in [1.82, 2.24) is 0 Å². The van der Waals surface area contributed by atoms with Crippen molar-refractivity contribution in [1.29, 1.82) is 0 Å². The Morgan fingerprint density at radius 2 is 0.660 bits per heavy atom. The summed E-state index contributed by atoms with van der Waals surface area (Å²) < 4.78 is 0. The van der Waals surface area contributed by atoms with Crippen molar-refractivity contribution in [3.63, 3.8) is 0 Å². The van der Waals surface area contributed by atoms with Gasteiger partial charge in [-0.1, -0.05) is 152 Å². The Morgan fingerprint density at radius 1 is 0.255 bits per heavy atom. The SMILES string of the molecule is c1ccc(-c2ccc(N(c3ccccc3)c3ccc(-c4cccc(-c5cccc(-c6cccc7ccccc67)c5)c4)cc3)cc2)cc1. The van der Waals surface area contributed by atoms with Crippen molar-refractivity contribution in [3.8, 4) is 44.5 Å². The number of para-hydroxylation sites is 1. The van der Waals surface area contributed by atoms with Crippen LogP contribution in [0.3, 0.4) is 0 Å². The predicted octanol–water partition coefficient (Wildman–Crippen LogP) is 13.0. The molecular weight excluding hydrogens is 567 g/mol. The van der Waals surface area contributed by atoms with E-state index in [4.69, 9.17) is 0 Å². The van der Waals surface area contributed by atoms with Crippen molar-refractivity contribution in [2.75, 3.05) is 4.90 Å². The van der Waals surface area contributed by atoms with E-state index in [1.807, 2.05) is 0 Å². The lowest BCUT2D eigenvalue weighted by molar-refractivity contribution is 1.28. The summed E-state index contributed by atoms with van der Waals surface area (Å²) in [6.45, 7) is 0. The molecule has 47 heavy (non-hydrogen) atoms. The molecule has 0 aliphatic rings. The Bertz CT molecular complexity index is 2260. The molecule has 0 saturated heterocycles. The van der Waals surface area contributed by atoms with E-state index in [0.29, 0.717) is 0 Å². The van der Waals surface area contributed by atoms with E-state index >= 15 is 0 Å². The van der Waals surface area contributed by atoms with E-state index in [1.54, 1.807) is 0 Å². The summed E-state index contributed by atoms with van der Waals surface area (Å²) in [5, 5.41) is 2.54. The molecule has 0 atom stereocenters. The van der Waals surface area contributed by atoms with Crippen molar-refractivity contribution in [2.45, 2.75) is 0 Å². The Labute approximate surface area is 276 Å². The van der Waals surface area contributed by atoms with Gasteiger partial charge in [0.15, 0.2) is 0 Å². The number of benzene rings is 8. The summed E-state index contributed by atoms with van der Waals surface area (Å²) in [5.74, 6) is 0. The maximum Gasteiger partial charge on any atom is 0.0462 e. The smallest absolute Gasteiger partial charge is 0.0462 e. The van der Waals surface area contributed by atoms with Crippen LogP contribution in [0.2, 0.25) is 0 Å². The minimum absolute atomic E-state index is 1.12. The summed E-state index contributed by atoms with van der Waals surface area (Å²) in [5.41, 5.74) is 13.1. The molecule has 8 aromatic carbocycles. The van der Waals surface area contributed by atoms with Crippen LogP contribution in [-0.2, 0) is 0 Å². The molecule has 0 saturated carbocycles. The van der Waals surface area contributed by atoms with Gasteiger partial charge in [0, 0.05) is 17.1 Å². The van der Waals surface area contributed by atoms with Gasteiger partial charge in [-0.05, 0) is 104 Å². The van der Waals surface area contributed by atoms with Crippen LogP contribution in [0.5, 0.6) is 0 Å². The van der Waals surface area contributed by atoms with Gasteiger partial charge in [-0.25, -0.2) is 0 Å². The highest BCUT2D eigenvalue weighted by Crippen LogP contribution is 2.37. The first-order valence-electron chi connectivity index (χ1n) is 16.1. The lowest BCUT2D eigenvalue weighted by Crippen LogP contribution is -2.09. The van der Waals surface area contributed by atoms with E-state index < -0.39 is 0 Å². The Morgan fingerprint density at radius 3 is 1.32 bits per heavy atom. The van der Waals surface area contributed by atoms with Crippen LogP contribution in [-0.4, -0.2) is 0 Å². The maximum absolute atomic E-state index is 2.31. The summed E-state index contributed by atoms with van der Waals surface area (Å²) in [6.07, 6.45) is 0. The number of nitrogens with zero attached hydrogens (tertiary/aromatic N) is 1. The van der Waals surface area contributed by atoms with Crippen molar-refractivity contribution in [2.24, 2.45) is 0 Å². The molecule has 222 valence electrons. The van der Waals surface area contributed by atoms with E-state index in [-0.39, 0.29) is 0 Å². The minimum atomic E-state index is 1.12. The second-order valence-corrected chi connectivity index (χ2v) is 11.8. The van der Waals surface area contributed by atoms with Crippen LogP contribution >= 0.6 is 0 Å². The number of anilines is 3. The molecule has 0 aromatic heterocycles. The number of rotatable bonds is 7. The van der Waals surface area contributed by atoms with Crippen LogP contribution in [0, 0.1) is 0 Å². The van der Waals surface area contributed by atoms with Crippen LogP contribution < -0.4 is 4.90 Å². The van der Waals surface area contributed by atoms with Gasteiger partial charge < -0.3 is 4.90 Å². The molecule has 0 aliphatic carbocycles. The monoisotopic (exact) mass is 599 g/mol. The normalized spacial score (nSPS) is 11.0. The minimum Gasteiger partial charge on any atom is -0.311 e. The molecule has 0 amide bonds. The Hall–Kier alpha value is -6.18. The van der Waals surface area contributed by atoms with Crippen LogP contribution in [0.15, 0.2) is 200 Å². The van der Waals surface area contributed by atoms with E-state index in [9.17, 15) is 0 Å². The van der Waals surface area contributed by atoms with Crippen LogP contribution in [0.1, 0.15) is 0 Å². The van der Waals surface area contributed by atoms with Crippen molar-refractivity contribution in [3.05, 3.63) is 200 Å². The molecule has 0 fully saturated rings. The zero-order valence-electron chi connectivity index (χ0n) is 26.0. The third kappa shape index (κ3) is 5.83.